The van der Waals surface area contributed by atoms with Gasteiger partial charge in [0, 0.05) is 5.56 Å². The molecular weight excluding hydrogens is 314 g/mol. The van der Waals surface area contributed by atoms with E-state index in [1.807, 2.05) is 6.92 Å². The summed E-state index contributed by atoms with van der Waals surface area (Å²) in [4.78, 5) is 12.3. The highest BCUT2D eigenvalue weighted by Gasteiger charge is 2.16. The first-order valence-corrected chi connectivity index (χ1v) is 8.82. The number of ether oxygens (including phenoxy) is 1. The largest absolute Gasteiger partial charge is 0.494 e. The van der Waals surface area contributed by atoms with Crippen LogP contribution in [-0.2, 0) is 10.0 Å². The molecule has 0 aliphatic rings. The van der Waals surface area contributed by atoms with Crippen LogP contribution in [0.2, 0.25) is 0 Å². The van der Waals surface area contributed by atoms with Crippen molar-refractivity contribution in [3.63, 3.8) is 0 Å². The highest BCUT2D eigenvalue weighted by atomic mass is 32.2. The van der Waals surface area contributed by atoms with E-state index in [0.717, 1.165) is 6.42 Å². The van der Waals surface area contributed by atoms with E-state index in [1.54, 1.807) is 42.5 Å². The zero-order chi connectivity index (χ0) is 16.7. The van der Waals surface area contributed by atoms with E-state index >= 15 is 0 Å². The Morgan fingerprint density at radius 1 is 1.09 bits per heavy atom. The summed E-state index contributed by atoms with van der Waals surface area (Å²) in [6.07, 6.45) is 0.870. The van der Waals surface area contributed by atoms with Crippen LogP contribution in [0.1, 0.15) is 23.7 Å². The number of hydrogen-bond acceptors (Lipinski definition) is 4. The van der Waals surface area contributed by atoms with Gasteiger partial charge in [0.1, 0.15) is 5.75 Å². The average molecular weight is 333 g/mol. The topological polar surface area (TPSA) is 72.5 Å². The summed E-state index contributed by atoms with van der Waals surface area (Å²) >= 11 is 0. The zero-order valence-corrected chi connectivity index (χ0v) is 13.7. The minimum absolute atomic E-state index is 0.132. The van der Waals surface area contributed by atoms with Gasteiger partial charge in [-0.15, -0.1) is 0 Å². The fraction of sp³-hybridized carbons (Fsp3) is 0.235. The molecule has 0 heterocycles. The van der Waals surface area contributed by atoms with Crippen LogP contribution in [-0.4, -0.2) is 27.4 Å². The number of rotatable bonds is 8. The van der Waals surface area contributed by atoms with Gasteiger partial charge in [-0.1, -0.05) is 37.3 Å². The van der Waals surface area contributed by atoms with Gasteiger partial charge in [0.15, 0.2) is 5.78 Å². The number of carbonyl (C=O) groups excluding carboxylic acids is 1. The molecule has 0 unspecified atom stereocenters. The highest BCUT2D eigenvalue weighted by molar-refractivity contribution is 7.89. The number of hydrogen-bond donors (Lipinski definition) is 1. The number of nitrogens with one attached hydrogen (secondary N) is 1. The molecule has 122 valence electrons. The third-order valence-corrected chi connectivity index (χ3v) is 4.52. The van der Waals surface area contributed by atoms with Gasteiger partial charge in [0.05, 0.1) is 18.0 Å². The molecule has 1 N–H and O–H groups in total. The first-order chi connectivity index (χ1) is 11.0. The van der Waals surface area contributed by atoms with Crippen LogP contribution in [0.4, 0.5) is 0 Å². The van der Waals surface area contributed by atoms with Crippen LogP contribution in [0, 0.1) is 0 Å². The van der Waals surface area contributed by atoms with Crippen molar-refractivity contribution in [3.05, 3.63) is 60.2 Å². The number of Topliss-reactive ketones (excluding diaryl/α,β-unsaturated/α-hetero) is 1. The molecule has 0 fully saturated rings. The fourth-order valence-electron chi connectivity index (χ4n) is 1.92. The van der Waals surface area contributed by atoms with Gasteiger partial charge in [0.25, 0.3) is 0 Å². The fourth-order valence-corrected chi connectivity index (χ4v) is 2.93. The SMILES string of the molecule is CCCOc1cccc(C(=O)CNS(=O)(=O)c2ccccc2)c1. The van der Waals surface area contributed by atoms with E-state index in [2.05, 4.69) is 4.72 Å². The second-order valence-corrected chi connectivity index (χ2v) is 6.70. The van der Waals surface area contributed by atoms with Gasteiger partial charge in [-0.25, -0.2) is 13.1 Å². The summed E-state index contributed by atoms with van der Waals surface area (Å²) in [5, 5.41) is 0. The van der Waals surface area contributed by atoms with Gasteiger partial charge in [-0.2, -0.15) is 0 Å². The summed E-state index contributed by atoms with van der Waals surface area (Å²) in [6.45, 7) is 2.26. The third-order valence-electron chi connectivity index (χ3n) is 3.11. The second kappa shape index (κ2) is 7.89. The molecule has 0 saturated carbocycles. The minimum atomic E-state index is -3.69. The summed E-state index contributed by atoms with van der Waals surface area (Å²) in [6, 6.07) is 14.7. The molecule has 2 rings (SSSR count). The Hall–Kier alpha value is -2.18. The monoisotopic (exact) mass is 333 g/mol. The Morgan fingerprint density at radius 3 is 2.52 bits per heavy atom. The Balaban J connectivity index is 2.02. The van der Waals surface area contributed by atoms with Crippen molar-refractivity contribution < 1.29 is 17.9 Å². The Morgan fingerprint density at radius 2 is 1.83 bits per heavy atom. The smallest absolute Gasteiger partial charge is 0.240 e. The molecule has 0 amide bonds. The van der Waals surface area contributed by atoms with Crippen molar-refractivity contribution in [3.8, 4) is 5.75 Å². The van der Waals surface area contributed by atoms with Crippen molar-refractivity contribution in [1.29, 1.82) is 0 Å². The molecule has 0 aromatic heterocycles. The van der Waals surface area contributed by atoms with Crippen LogP contribution < -0.4 is 9.46 Å². The van der Waals surface area contributed by atoms with Gasteiger partial charge in [-0.05, 0) is 30.7 Å². The van der Waals surface area contributed by atoms with Crippen molar-refractivity contribution in [1.82, 2.24) is 4.72 Å². The molecule has 5 nitrogen and oxygen atoms in total. The molecule has 0 atom stereocenters. The van der Waals surface area contributed by atoms with E-state index < -0.39 is 10.0 Å². The lowest BCUT2D eigenvalue weighted by atomic mass is 10.1. The first kappa shape index (κ1) is 17.2. The van der Waals surface area contributed by atoms with Crippen LogP contribution >= 0.6 is 0 Å². The first-order valence-electron chi connectivity index (χ1n) is 7.33. The lowest BCUT2D eigenvalue weighted by Crippen LogP contribution is -2.29. The molecule has 2 aromatic rings. The van der Waals surface area contributed by atoms with Crippen molar-refractivity contribution in [2.45, 2.75) is 18.2 Å². The van der Waals surface area contributed by atoms with E-state index in [1.165, 1.54) is 12.1 Å². The molecule has 0 aliphatic carbocycles. The maximum Gasteiger partial charge on any atom is 0.240 e. The lowest BCUT2D eigenvalue weighted by molar-refractivity contribution is 0.0996. The van der Waals surface area contributed by atoms with Gasteiger partial charge in [0.2, 0.25) is 10.0 Å². The maximum atomic E-state index is 12.2. The molecule has 0 aliphatic heterocycles. The van der Waals surface area contributed by atoms with Crippen LogP contribution in [0.5, 0.6) is 5.75 Å². The molecule has 0 saturated heterocycles. The summed E-state index contributed by atoms with van der Waals surface area (Å²) in [5.74, 6) is 0.287. The Kier molecular flexibility index (Phi) is 5.90. The average Bonchev–Trinajstić information content (AvgIpc) is 2.59. The molecule has 6 heteroatoms. The maximum absolute atomic E-state index is 12.2. The summed E-state index contributed by atoms with van der Waals surface area (Å²) in [5.41, 5.74) is 0.411. The summed E-state index contributed by atoms with van der Waals surface area (Å²) < 4.78 is 32.0. The summed E-state index contributed by atoms with van der Waals surface area (Å²) in [7, 11) is -3.69. The van der Waals surface area contributed by atoms with Gasteiger partial charge in [-0.3, -0.25) is 4.79 Å². The van der Waals surface area contributed by atoms with E-state index in [9.17, 15) is 13.2 Å². The predicted octanol–water partition coefficient (Wildman–Crippen LogP) is 2.64. The standard InChI is InChI=1S/C17H19NO4S/c1-2-11-22-15-8-6-7-14(12-15)17(19)13-18-23(20,21)16-9-4-3-5-10-16/h3-10,12,18H,2,11,13H2,1H3. The Bertz CT molecular complexity index is 757. The molecule has 0 spiro atoms. The van der Waals surface area contributed by atoms with Crippen LogP contribution in [0.15, 0.2) is 59.5 Å². The van der Waals surface area contributed by atoms with E-state index in [0.29, 0.717) is 17.9 Å². The minimum Gasteiger partial charge on any atom is -0.494 e. The van der Waals surface area contributed by atoms with E-state index in [-0.39, 0.29) is 17.2 Å². The second-order valence-electron chi connectivity index (χ2n) is 4.94. The van der Waals surface area contributed by atoms with E-state index in [4.69, 9.17) is 4.74 Å². The quantitative estimate of drug-likeness (QED) is 0.754. The van der Waals surface area contributed by atoms with Gasteiger partial charge >= 0.3 is 0 Å². The third kappa shape index (κ3) is 4.91. The number of sulfonamides is 1. The normalized spacial score (nSPS) is 11.2. The van der Waals surface area contributed by atoms with Crippen molar-refractivity contribution in [2.24, 2.45) is 0 Å². The van der Waals surface area contributed by atoms with Gasteiger partial charge < -0.3 is 4.74 Å². The van der Waals surface area contributed by atoms with Crippen LogP contribution in [0.25, 0.3) is 0 Å². The van der Waals surface area contributed by atoms with Crippen molar-refractivity contribution >= 4 is 15.8 Å². The number of carbonyl (C=O) groups is 1. The molecule has 0 radical (unpaired) electrons. The molecule has 23 heavy (non-hydrogen) atoms. The number of ketones is 1. The van der Waals surface area contributed by atoms with Crippen LogP contribution in [0.3, 0.4) is 0 Å². The molecular formula is C17H19NO4S. The highest BCUT2D eigenvalue weighted by Crippen LogP contribution is 2.14. The predicted molar refractivity (Wildman–Crippen MR) is 88.2 cm³/mol. The molecule has 0 bridgehead atoms. The Labute approximate surface area is 136 Å². The lowest BCUT2D eigenvalue weighted by Gasteiger charge is -2.08. The number of benzene rings is 2. The van der Waals surface area contributed by atoms with Crippen molar-refractivity contribution in [2.75, 3.05) is 13.2 Å². The zero-order valence-electron chi connectivity index (χ0n) is 12.9. The molecule has 2 aromatic carbocycles.